The van der Waals surface area contributed by atoms with E-state index in [0.29, 0.717) is 17.8 Å². The van der Waals surface area contributed by atoms with Crippen molar-refractivity contribution in [1.29, 1.82) is 0 Å². The molecule has 1 aliphatic heterocycles. The third kappa shape index (κ3) is 4.25. The Morgan fingerprint density at radius 2 is 1.84 bits per heavy atom. The van der Waals surface area contributed by atoms with Crippen LogP contribution in [-0.4, -0.2) is 40.1 Å². The van der Waals surface area contributed by atoms with Crippen molar-refractivity contribution in [3.05, 3.63) is 36.2 Å². The molecule has 1 aromatic carbocycles. The highest BCUT2D eigenvalue weighted by molar-refractivity contribution is 5.78. The maximum Gasteiger partial charge on any atom is 0.247 e. The summed E-state index contributed by atoms with van der Waals surface area (Å²) in [5.74, 6) is 1.45. The van der Waals surface area contributed by atoms with Crippen LogP contribution in [-0.2, 0) is 4.79 Å². The van der Waals surface area contributed by atoms with E-state index in [0.717, 1.165) is 31.5 Å². The summed E-state index contributed by atoms with van der Waals surface area (Å²) in [5, 5.41) is 11.9. The minimum atomic E-state index is -0.0117. The molecule has 1 N–H and O–H groups in total. The lowest BCUT2D eigenvalue weighted by Gasteiger charge is -2.34. The molecule has 0 bridgehead atoms. The summed E-state index contributed by atoms with van der Waals surface area (Å²) in [6, 6.07) is 10.1. The molecule has 6 heteroatoms. The molecule has 2 heterocycles. The van der Waals surface area contributed by atoms with Crippen LogP contribution in [0.5, 0.6) is 0 Å². The zero-order valence-electron chi connectivity index (χ0n) is 15.1. The fraction of sp³-hybridized carbons (Fsp3) is 0.526. The Balaban J connectivity index is 1.54. The van der Waals surface area contributed by atoms with E-state index in [-0.39, 0.29) is 17.9 Å². The fourth-order valence-corrected chi connectivity index (χ4v) is 3.16. The lowest BCUT2D eigenvalue weighted by molar-refractivity contribution is -0.135. The van der Waals surface area contributed by atoms with Crippen molar-refractivity contribution in [3.8, 4) is 11.5 Å². The first-order chi connectivity index (χ1) is 12.0. The van der Waals surface area contributed by atoms with Gasteiger partial charge in [0.05, 0.1) is 6.04 Å². The van der Waals surface area contributed by atoms with Gasteiger partial charge in [-0.2, -0.15) is 0 Å². The lowest BCUT2D eigenvalue weighted by atomic mass is 10.0. The Bertz CT molecular complexity index is 690. The number of benzene rings is 1. The van der Waals surface area contributed by atoms with E-state index in [1.807, 2.05) is 56.0 Å². The first-order valence-corrected chi connectivity index (χ1v) is 8.98. The third-order valence-electron chi connectivity index (χ3n) is 4.62. The van der Waals surface area contributed by atoms with Crippen LogP contribution in [0.15, 0.2) is 34.7 Å². The lowest BCUT2D eigenvalue weighted by Crippen LogP contribution is -2.46. The number of amides is 1. The zero-order valence-corrected chi connectivity index (χ0v) is 15.1. The highest BCUT2D eigenvalue weighted by Crippen LogP contribution is 2.22. The second-order valence-corrected chi connectivity index (χ2v) is 6.95. The Hall–Kier alpha value is -2.21. The summed E-state index contributed by atoms with van der Waals surface area (Å²) < 4.78 is 5.81. The van der Waals surface area contributed by atoms with Gasteiger partial charge in [0.1, 0.15) is 0 Å². The van der Waals surface area contributed by atoms with Gasteiger partial charge >= 0.3 is 0 Å². The van der Waals surface area contributed by atoms with Crippen LogP contribution in [0.3, 0.4) is 0 Å². The number of piperidine rings is 1. The van der Waals surface area contributed by atoms with Crippen molar-refractivity contribution in [2.75, 3.05) is 13.1 Å². The van der Waals surface area contributed by atoms with Gasteiger partial charge in [0.25, 0.3) is 0 Å². The third-order valence-corrected chi connectivity index (χ3v) is 4.62. The molecule has 1 aliphatic rings. The SMILES string of the molecule is CC(C)C(=O)N1CCC(N[C@@H](C)c2nnc(-c3ccccc3)o2)CC1. The van der Waals surface area contributed by atoms with E-state index < -0.39 is 0 Å². The molecule has 0 saturated carbocycles. The van der Waals surface area contributed by atoms with Crippen LogP contribution in [0.2, 0.25) is 0 Å². The molecular formula is C19H26N4O2. The van der Waals surface area contributed by atoms with Gasteiger partial charge < -0.3 is 14.6 Å². The molecule has 1 fully saturated rings. The molecule has 0 aliphatic carbocycles. The van der Waals surface area contributed by atoms with Gasteiger partial charge in [-0.3, -0.25) is 4.79 Å². The number of hydrogen-bond donors (Lipinski definition) is 1. The molecule has 1 saturated heterocycles. The number of carbonyl (C=O) groups is 1. The molecule has 3 rings (SSSR count). The Kier molecular flexibility index (Phi) is 5.48. The Morgan fingerprint density at radius 3 is 2.48 bits per heavy atom. The minimum absolute atomic E-state index is 0.0117. The van der Waals surface area contributed by atoms with Crippen LogP contribution in [0.1, 0.15) is 45.5 Å². The molecule has 25 heavy (non-hydrogen) atoms. The summed E-state index contributed by atoms with van der Waals surface area (Å²) >= 11 is 0. The number of rotatable bonds is 5. The Morgan fingerprint density at radius 1 is 1.16 bits per heavy atom. The highest BCUT2D eigenvalue weighted by atomic mass is 16.4. The van der Waals surface area contributed by atoms with Crippen molar-refractivity contribution in [3.63, 3.8) is 0 Å². The van der Waals surface area contributed by atoms with Crippen molar-refractivity contribution in [2.24, 2.45) is 5.92 Å². The van der Waals surface area contributed by atoms with Gasteiger partial charge in [-0.25, -0.2) is 0 Å². The fourth-order valence-electron chi connectivity index (χ4n) is 3.16. The topological polar surface area (TPSA) is 71.3 Å². The normalized spacial score (nSPS) is 17.0. The standard InChI is InChI=1S/C19H26N4O2/c1-13(2)19(24)23-11-9-16(10-12-23)20-14(3)17-21-22-18(25-17)15-7-5-4-6-8-15/h4-8,13-14,16,20H,9-12H2,1-3H3/t14-/m0/s1. The van der Waals surface area contributed by atoms with E-state index in [9.17, 15) is 4.79 Å². The number of likely N-dealkylation sites (tertiary alicyclic amines) is 1. The van der Waals surface area contributed by atoms with Gasteiger partial charge in [-0.1, -0.05) is 32.0 Å². The van der Waals surface area contributed by atoms with Crippen LogP contribution < -0.4 is 5.32 Å². The number of nitrogens with zero attached hydrogens (tertiary/aromatic N) is 3. The maximum absolute atomic E-state index is 12.1. The molecule has 1 atom stereocenters. The summed E-state index contributed by atoms with van der Waals surface area (Å²) in [4.78, 5) is 14.0. The van der Waals surface area contributed by atoms with Crippen molar-refractivity contribution >= 4 is 5.91 Å². The van der Waals surface area contributed by atoms with E-state index in [2.05, 4.69) is 15.5 Å². The first kappa shape index (κ1) is 17.6. The predicted molar refractivity (Wildman–Crippen MR) is 95.7 cm³/mol. The molecule has 0 spiro atoms. The largest absolute Gasteiger partial charge is 0.419 e. The first-order valence-electron chi connectivity index (χ1n) is 8.98. The van der Waals surface area contributed by atoms with E-state index in [1.165, 1.54) is 0 Å². The van der Waals surface area contributed by atoms with Gasteiger partial charge in [-0.15, -0.1) is 10.2 Å². The average Bonchev–Trinajstić information content (AvgIpc) is 3.13. The molecule has 6 nitrogen and oxygen atoms in total. The molecule has 0 unspecified atom stereocenters. The highest BCUT2D eigenvalue weighted by Gasteiger charge is 2.26. The van der Waals surface area contributed by atoms with Crippen LogP contribution >= 0.6 is 0 Å². The van der Waals surface area contributed by atoms with Crippen LogP contribution in [0.4, 0.5) is 0 Å². The summed E-state index contributed by atoms with van der Waals surface area (Å²) in [6.45, 7) is 7.55. The van der Waals surface area contributed by atoms with Crippen LogP contribution in [0, 0.1) is 5.92 Å². The molecule has 0 radical (unpaired) electrons. The van der Waals surface area contributed by atoms with Crippen LogP contribution in [0.25, 0.3) is 11.5 Å². The Labute approximate surface area is 148 Å². The molecule has 134 valence electrons. The second-order valence-electron chi connectivity index (χ2n) is 6.95. The summed E-state index contributed by atoms with van der Waals surface area (Å²) in [7, 11) is 0. The molecular weight excluding hydrogens is 316 g/mol. The maximum atomic E-state index is 12.1. The molecule has 1 amide bonds. The number of hydrogen-bond acceptors (Lipinski definition) is 5. The second kappa shape index (κ2) is 7.78. The number of carbonyl (C=O) groups excluding carboxylic acids is 1. The van der Waals surface area contributed by atoms with Crippen molar-refractivity contribution in [2.45, 2.75) is 45.7 Å². The summed E-state index contributed by atoms with van der Waals surface area (Å²) in [6.07, 6.45) is 1.89. The zero-order chi connectivity index (χ0) is 17.8. The van der Waals surface area contributed by atoms with Gasteiger partial charge in [0.15, 0.2) is 0 Å². The smallest absolute Gasteiger partial charge is 0.247 e. The van der Waals surface area contributed by atoms with E-state index in [1.54, 1.807) is 0 Å². The van der Waals surface area contributed by atoms with Gasteiger partial charge in [0.2, 0.25) is 17.7 Å². The quantitative estimate of drug-likeness (QED) is 0.904. The van der Waals surface area contributed by atoms with Crippen molar-refractivity contribution in [1.82, 2.24) is 20.4 Å². The van der Waals surface area contributed by atoms with Crippen molar-refractivity contribution < 1.29 is 9.21 Å². The van der Waals surface area contributed by atoms with Gasteiger partial charge in [0, 0.05) is 30.6 Å². The minimum Gasteiger partial charge on any atom is -0.419 e. The molecule has 1 aromatic heterocycles. The number of nitrogens with one attached hydrogen (secondary N) is 1. The predicted octanol–water partition coefficient (Wildman–Crippen LogP) is 3.03. The monoisotopic (exact) mass is 342 g/mol. The summed E-state index contributed by atoms with van der Waals surface area (Å²) in [5.41, 5.74) is 0.925. The van der Waals surface area contributed by atoms with E-state index >= 15 is 0 Å². The average molecular weight is 342 g/mol. The number of aromatic nitrogens is 2. The van der Waals surface area contributed by atoms with E-state index in [4.69, 9.17) is 4.42 Å². The molecule has 2 aromatic rings. The van der Waals surface area contributed by atoms with Gasteiger partial charge in [-0.05, 0) is 31.9 Å².